The van der Waals surface area contributed by atoms with Crippen molar-refractivity contribution in [2.75, 3.05) is 7.11 Å². The number of carbonyl (C=O) groups excluding carboxylic acids is 4. The van der Waals surface area contributed by atoms with Gasteiger partial charge in [-0.25, -0.2) is 9.59 Å². The lowest BCUT2D eigenvalue weighted by Crippen LogP contribution is -2.52. The van der Waals surface area contributed by atoms with Crippen LogP contribution in [0.4, 0.5) is 4.79 Å². The minimum atomic E-state index is -0.817. The van der Waals surface area contributed by atoms with E-state index in [-0.39, 0.29) is 29.7 Å². The fourth-order valence-electron chi connectivity index (χ4n) is 4.18. The maximum Gasteiger partial charge on any atom is 0.407 e. The van der Waals surface area contributed by atoms with E-state index in [9.17, 15) is 19.2 Å². The predicted octanol–water partition coefficient (Wildman–Crippen LogP) is 6.11. The van der Waals surface area contributed by atoms with Crippen LogP contribution in [-0.4, -0.2) is 55.3 Å². The molecule has 0 aromatic heterocycles. The number of amides is 3. The van der Waals surface area contributed by atoms with E-state index >= 15 is 0 Å². The van der Waals surface area contributed by atoms with Crippen LogP contribution in [0.1, 0.15) is 74.7 Å². The normalized spacial score (nSPS) is 18.4. The molecule has 3 amide bonds. The molecule has 1 unspecified atom stereocenters. The summed E-state index contributed by atoms with van der Waals surface area (Å²) in [4.78, 5) is 49.6. The zero-order valence-corrected chi connectivity index (χ0v) is 28.7. The first-order chi connectivity index (χ1) is 21.0. The maximum absolute atomic E-state index is 13.0. The van der Waals surface area contributed by atoms with Gasteiger partial charge in [-0.05, 0) is 45.4 Å². The van der Waals surface area contributed by atoms with E-state index in [1.807, 2.05) is 60.6 Å². The molecule has 4 atom stereocenters. The number of cyclic esters (lactones) is 1. The van der Waals surface area contributed by atoms with Gasteiger partial charge in [0.15, 0.2) is 5.76 Å². The summed E-state index contributed by atoms with van der Waals surface area (Å²) in [5, 5.41) is 8.76. The molecule has 11 heteroatoms. The third-order valence-electron chi connectivity index (χ3n) is 6.54. The van der Waals surface area contributed by atoms with Crippen molar-refractivity contribution in [2.24, 2.45) is 11.3 Å². The number of nitrogens with one attached hydrogen (secondary N) is 3. The molecular formula is C34H50ClN3O7. The Bertz CT molecular complexity index is 1200. The maximum atomic E-state index is 13.0. The number of ether oxygens (including phenoxy) is 3. The minimum Gasteiger partial charge on any atom is -0.490 e. The molecule has 1 rings (SSSR count). The molecule has 1 heterocycles. The molecule has 0 fully saturated rings. The van der Waals surface area contributed by atoms with E-state index in [0.29, 0.717) is 24.3 Å². The summed E-state index contributed by atoms with van der Waals surface area (Å²) >= 11 is 5.94. The summed E-state index contributed by atoms with van der Waals surface area (Å²) < 4.78 is 15.9. The SMILES string of the molecule is COC1=CC[C@@H]([C@@H](C)/C=C(C)/C=C\C=C/C(=O)N[C@H](C(=O)N/C=C\CC(C/C=C(\C)Cl)OC(=O)NC(C)C)C(C)(C)C)OC1=O. The molecule has 1 aliphatic rings. The molecule has 10 nitrogen and oxygen atoms in total. The van der Waals surface area contributed by atoms with Gasteiger partial charge in [0.2, 0.25) is 11.8 Å². The molecule has 0 spiro atoms. The van der Waals surface area contributed by atoms with Crippen LogP contribution in [0.3, 0.4) is 0 Å². The second-order valence-electron chi connectivity index (χ2n) is 12.2. The molecule has 0 saturated heterocycles. The highest BCUT2D eigenvalue weighted by atomic mass is 35.5. The third-order valence-corrected chi connectivity index (χ3v) is 6.70. The monoisotopic (exact) mass is 647 g/mol. The Morgan fingerprint density at radius 1 is 1.09 bits per heavy atom. The average Bonchev–Trinajstić information content (AvgIpc) is 2.93. The number of allylic oxidation sites excluding steroid dienone is 5. The van der Waals surface area contributed by atoms with Gasteiger partial charge in [-0.15, -0.1) is 0 Å². The van der Waals surface area contributed by atoms with E-state index < -0.39 is 35.5 Å². The quantitative estimate of drug-likeness (QED) is 0.111. The molecule has 250 valence electrons. The summed E-state index contributed by atoms with van der Waals surface area (Å²) in [6.45, 7) is 14.9. The van der Waals surface area contributed by atoms with E-state index in [1.54, 1.807) is 37.3 Å². The van der Waals surface area contributed by atoms with Crippen molar-refractivity contribution in [3.63, 3.8) is 0 Å². The Kier molecular flexibility index (Phi) is 17.1. The summed E-state index contributed by atoms with van der Waals surface area (Å²) in [6, 6.07) is -0.884. The van der Waals surface area contributed by atoms with Gasteiger partial charge in [0.25, 0.3) is 0 Å². The van der Waals surface area contributed by atoms with Crippen molar-refractivity contribution in [3.05, 3.63) is 71.2 Å². The van der Waals surface area contributed by atoms with Crippen LogP contribution in [0.5, 0.6) is 0 Å². The van der Waals surface area contributed by atoms with Crippen molar-refractivity contribution in [1.29, 1.82) is 0 Å². The highest BCUT2D eigenvalue weighted by molar-refractivity contribution is 6.29. The largest absolute Gasteiger partial charge is 0.490 e. The molecule has 3 N–H and O–H groups in total. The Morgan fingerprint density at radius 3 is 2.33 bits per heavy atom. The Balaban J connectivity index is 2.73. The average molecular weight is 648 g/mol. The Labute approximate surface area is 273 Å². The van der Waals surface area contributed by atoms with Crippen LogP contribution >= 0.6 is 11.6 Å². The molecule has 1 aliphatic heterocycles. The smallest absolute Gasteiger partial charge is 0.407 e. The van der Waals surface area contributed by atoms with E-state index in [0.717, 1.165) is 5.57 Å². The number of carbonyl (C=O) groups is 4. The number of hydrogen-bond donors (Lipinski definition) is 3. The Hall–Kier alpha value is -3.79. The van der Waals surface area contributed by atoms with Gasteiger partial charge in [-0.3, -0.25) is 9.59 Å². The fraction of sp³-hybridized carbons (Fsp3) is 0.529. The van der Waals surface area contributed by atoms with Gasteiger partial charge in [0.1, 0.15) is 18.2 Å². The van der Waals surface area contributed by atoms with Crippen molar-refractivity contribution >= 4 is 35.5 Å². The van der Waals surface area contributed by atoms with Gasteiger partial charge >= 0.3 is 12.1 Å². The van der Waals surface area contributed by atoms with Crippen LogP contribution in [0.15, 0.2) is 71.2 Å². The second-order valence-corrected chi connectivity index (χ2v) is 12.8. The molecule has 45 heavy (non-hydrogen) atoms. The second kappa shape index (κ2) is 19.6. The predicted molar refractivity (Wildman–Crippen MR) is 177 cm³/mol. The van der Waals surface area contributed by atoms with Crippen molar-refractivity contribution in [1.82, 2.24) is 16.0 Å². The summed E-state index contributed by atoms with van der Waals surface area (Å²) in [7, 11) is 1.44. The topological polar surface area (TPSA) is 132 Å². The number of methoxy groups -OCH3 is 1. The third kappa shape index (κ3) is 16.2. The van der Waals surface area contributed by atoms with Gasteiger partial charge in [0.05, 0.1) is 7.11 Å². The first-order valence-electron chi connectivity index (χ1n) is 15.1. The molecule has 0 aliphatic carbocycles. The number of hydrogen-bond acceptors (Lipinski definition) is 7. The van der Waals surface area contributed by atoms with E-state index in [4.69, 9.17) is 25.8 Å². The fourth-order valence-corrected chi connectivity index (χ4v) is 4.27. The molecule has 0 radical (unpaired) electrons. The van der Waals surface area contributed by atoms with Gasteiger partial charge in [-0.2, -0.15) is 0 Å². The lowest BCUT2D eigenvalue weighted by atomic mass is 9.86. The van der Waals surface area contributed by atoms with Gasteiger partial charge < -0.3 is 30.2 Å². The minimum absolute atomic E-state index is 0.0184. The zero-order chi connectivity index (χ0) is 34.2. The molecular weight excluding hydrogens is 598 g/mol. The first kappa shape index (κ1) is 39.2. The van der Waals surface area contributed by atoms with Crippen LogP contribution in [0, 0.1) is 11.3 Å². The van der Waals surface area contributed by atoms with Crippen molar-refractivity contribution in [3.8, 4) is 0 Å². The number of halogens is 1. The van der Waals surface area contributed by atoms with E-state index in [1.165, 1.54) is 19.4 Å². The number of rotatable bonds is 15. The standard InChI is InChI=1S/C34H50ClN3O7/c1-22(2)37-33(42)44-26(17-16-25(5)35)14-12-20-36-31(40)30(34(6,7)8)38-29(39)15-11-10-13-23(3)21-24(4)27-18-19-28(43-9)32(41)45-27/h10-13,15-16,19-22,24,26-27,30H,14,17-18H2,1-9H3,(H,36,40)(H,37,42)(H,38,39)/b13-10-,15-11-,20-12-,23-21+,25-16+/t24-,26?,27-,30+/m0/s1. The zero-order valence-electron chi connectivity index (χ0n) is 27.9. The molecule has 0 aromatic carbocycles. The van der Waals surface area contributed by atoms with Crippen LogP contribution in [0.2, 0.25) is 0 Å². The van der Waals surface area contributed by atoms with Crippen LogP contribution < -0.4 is 16.0 Å². The highest BCUT2D eigenvalue weighted by Crippen LogP contribution is 2.23. The summed E-state index contributed by atoms with van der Waals surface area (Å²) in [5.41, 5.74) is 0.364. The summed E-state index contributed by atoms with van der Waals surface area (Å²) in [6.07, 6.45) is 15.2. The lowest BCUT2D eigenvalue weighted by molar-refractivity contribution is -0.151. The van der Waals surface area contributed by atoms with Crippen molar-refractivity contribution < 1.29 is 33.4 Å². The molecule has 0 saturated carbocycles. The highest BCUT2D eigenvalue weighted by Gasteiger charge is 2.32. The summed E-state index contributed by atoms with van der Waals surface area (Å²) in [5.74, 6) is -1.07. The first-order valence-corrected chi connectivity index (χ1v) is 15.4. The molecule has 0 aromatic rings. The van der Waals surface area contributed by atoms with Gasteiger partial charge in [-0.1, -0.05) is 81.3 Å². The number of esters is 1. The van der Waals surface area contributed by atoms with Gasteiger partial charge in [0, 0.05) is 42.3 Å². The Morgan fingerprint density at radius 2 is 1.76 bits per heavy atom. The van der Waals surface area contributed by atoms with Crippen LogP contribution in [-0.2, 0) is 28.6 Å². The van der Waals surface area contributed by atoms with E-state index in [2.05, 4.69) is 16.0 Å². The van der Waals surface area contributed by atoms with Crippen molar-refractivity contribution in [2.45, 2.75) is 98.9 Å². The lowest BCUT2D eigenvalue weighted by Gasteiger charge is -2.29. The number of alkyl carbamates (subject to hydrolysis) is 1. The van der Waals surface area contributed by atoms with Crippen LogP contribution in [0.25, 0.3) is 0 Å². The molecule has 0 bridgehead atoms.